The Morgan fingerprint density at radius 1 is 1.61 bits per heavy atom. The molecule has 0 aliphatic rings. The number of hydrogen-bond acceptors (Lipinski definition) is 5. The van der Waals surface area contributed by atoms with Gasteiger partial charge < -0.3 is 13.7 Å². The van der Waals surface area contributed by atoms with Crippen LogP contribution in [0.3, 0.4) is 0 Å². The highest BCUT2D eigenvalue weighted by atomic mass is 16.5. The first-order chi connectivity index (χ1) is 8.67. The van der Waals surface area contributed by atoms with E-state index in [2.05, 4.69) is 9.72 Å². The van der Waals surface area contributed by atoms with Crippen molar-refractivity contribution in [1.29, 1.82) is 5.26 Å². The van der Waals surface area contributed by atoms with Crippen LogP contribution >= 0.6 is 0 Å². The first kappa shape index (κ1) is 11.9. The molecule has 2 rings (SSSR count). The Morgan fingerprint density at radius 2 is 2.39 bits per heavy atom. The minimum Gasteiger partial charge on any atom is -0.463 e. The fraction of sp³-hybridized carbons (Fsp3) is 0.250. The number of esters is 1. The van der Waals surface area contributed by atoms with Gasteiger partial charge in [-0.15, -0.1) is 0 Å². The number of aromatic nitrogens is 2. The Bertz CT molecular complexity index is 606. The zero-order valence-electron chi connectivity index (χ0n) is 9.95. The van der Waals surface area contributed by atoms with Crippen molar-refractivity contribution in [3.63, 3.8) is 0 Å². The number of imidazole rings is 1. The summed E-state index contributed by atoms with van der Waals surface area (Å²) in [4.78, 5) is 15.2. The Kier molecular flexibility index (Phi) is 3.15. The Labute approximate surface area is 103 Å². The van der Waals surface area contributed by atoms with Crippen LogP contribution in [0, 0.1) is 11.3 Å². The molecule has 0 N–H and O–H groups in total. The Morgan fingerprint density at radius 3 is 3.06 bits per heavy atom. The molecule has 1 unspecified atom stereocenters. The van der Waals surface area contributed by atoms with E-state index in [4.69, 9.17) is 9.68 Å². The fourth-order valence-corrected chi connectivity index (χ4v) is 1.64. The zero-order chi connectivity index (χ0) is 13.1. The summed E-state index contributed by atoms with van der Waals surface area (Å²) in [5, 5.41) is 8.90. The molecule has 0 amide bonds. The maximum atomic E-state index is 11.3. The molecule has 0 aromatic carbocycles. The molecule has 2 aromatic heterocycles. The van der Waals surface area contributed by atoms with Gasteiger partial charge in [-0.2, -0.15) is 5.26 Å². The van der Waals surface area contributed by atoms with Gasteiger partial charge in [0.25, 0.3) is 0 Å². The lowest BCUT2D eigenvalue weighted by molar-refractivity contribution is 0.0562. The van der Waals surface area contributed by atoms with Crippen molar-refractivity contribution in [3.8, 4) is 6.07 Å². The van der Waals surface area contributed by atoms with E-state index >= 15 is 0 Å². The number of methoxy groups -OCH3 is 1. The molecule has 0 saturated heterocycles. The minimum atomic E-state index is -0.528. The third kappa shape index (κ3) is 1.98. The van der Waals surface area contributed by atoms with Crippen molar-refractivity contribution in [2.75, 3.05) is 7.11 Å². The molecule has 92 valence electrons. The van der Waals surface area contributed by atoms with Gasteiger partial charge in [0.15, 0.2) is 0 Å². The molecule has 0 aliphatic heterocycles. The summed E-state index contributed by atoms with van der Waals surface area (Å²) in [6, 6.07) is 4.98. The summed E-state index contributed by atoms with van der Waals surface area (Å²) in [6.07, 6.45) is 3.22. The lowest BCUT2D eigenvalue weighted by Gasteiger charge is -2.10. The van der Waals surface area contributed by atoms with Gasteiger partial charge in [0.2, 0.25) is 11.6 Å². The zero-order valence-corrected chi connectivity index (χ0v) is 9.95. The second-order valence-electron chi connectivity index (χ2n) is 3.64. The first-order valence-electron chi connectivity index (χ1n) is 5.28. The van der Waals surface area contributed by atoms with E-state index in [0.717, 1.165) is 0 Å². The molecule has 6 nitrogen and oxygen atoms in total. The average Bonchev–Trinajstić information content (AvgIpc) is 3.05. The SMILES string of the molecule is COC(=O)c1ccc(C(C)n2ccnc2C#N)o1. The molecule has 18 heavy (non-hydrogen) atoms. The molecule has 0 fully saturated rings. The van der Waals surface area contributed by atoms with Crippen molar-refractivity contribution in [2.24, 2.45) is 0 Å². The third-order valence-electron chi connectivity index (χ3n) is 2.61. The lowest BCUT2D eigenvalue weighted by Crippen LogP contribution is -2.07. The van der Waals surface area contributed by atoms with E-state index in [0.29, 0.717) is 11.6 Å². The summed E-state index contributed by atoms with van der Waals surface area (Å²) >= 11 is 0. The van der Waals surface area contributed by atoms with Crippen LogP contribution in [0.25, 0.3) is 0 Å². The lowest BCUT2D eigenvalue weighted by atomic mass is 10.2. The smallest absolute Gasteiger partial charge is 0.373 e. The second-order valence-corrected chi connectivity index (χ2v) is 3.64. The molecule has 1 atom stereocenters. The quantitative estimate of drug-likeness (QED) is 0.769. The van der Waals surface area contributed by atoms with Gasteiger partial charge in [-0.3, -0.25) is 0 Å². The van der Waals surface area contributed by atoms with Crippen molar-refractivity contribution < 1.29 is 13.9 Å². The highest BCUT2D eigenvalue weighted by Gasteiger charge is 2.18. The summed E-state index contributed by atoms with van der Waals surface area (Å²) in [5.41, 5.74) is 0. The van der Waals surface area contributed by atoms with Crippen molar-refractivity contribution in [1.82, 2.24) is 9.55 Å². The van der Waals surface area contributed by atoms with Crippen LogP contribution in [-0.4, -0.2) is 22.6 Å². The van der Waals surface area contributed by atoms with Crippen molar-refractivity contribution >= 4 is 5.97 Å². The number of carbonyl (C=O) groups is 1. The fourth-order valence-electron chi connectivity index (χ4n) is 1.64. The van der Waals surface area contributed by atoms with Gasteiger partial charge in [0.1, 0.15) is 11.8 Å². The van der Waals surface area contributed by atoms with E-state index in [1.807, 2.05) is 13.0 Å². The Hall–Kier alpha value is -2.55. The standard InChI is InChI=1S/C12H11N3O3/c1-8(15-6-5-14-11(15)7-13)9-3-4-10(18-9)12(16)17-2/h3-6,8H,1-2H3. The predicted molar refractivity (Wildman–Crippen MR) is 60.8 cm³/mol. The van der Waals surface area contributed by atoms with Gasteiger partial charge in [-0.25, -0.2) is 9.78 Å². The predicted octanol–water partition coefficient (Wildman–Crippen LogP) is 1.74. The first-order valence-corrected chi connectivity index (χ1v) is 5.28. The molecule has 2 aromatic rings. The van der Waals surface area contributed by atoms with Crippen LogP contribution in [0.1, 0.15) is 35.1 Å². The number of hydrogen-bond donors (Lipinski definition) is 0. The summed E-state index contributed by atoms with van der Waals surface area (Å²) in [5.74, 6) is 0.459. The Balaban J connectivity index is 2.30. The highest BCUT2D eigenvalue weighted by molar-refractivity contribution is 5.86. The molecule has 6 heteroatoms. The van der Waals surface area contributed by atoms with E-state index in [1.54, 1.807) is 29.1 Å². The average molecular weight is 245 g/mol. The van der Waals surface area contributed by atoms with Crippen LogP contribution in [0.15, 0.2) is 28.9 Å². The van der Waals surface area contributed by atoms with Crippen molar-refractivity contribution in [2.45, 2.75) is 13.0 Å². The van der Waals surface area contributed by atoms with E-state index in [-0.39, 0.29) is 11.8 Å². The maximum Gasteiger partial charge on any atom is 0.373 e. The highest BCUT2D eigenvalue weighted by Crippen LogP contribution is 2.21. The number of nitriles is 1. The summed E-state index contributed by atoms with van der Waals surface area (Å²) in [7, 11) is 1.29. The van der Waals surface area contributed by atoms with Gasteiger partial charge in [-0.05, 0) is 19.1 Å². The van der Waals surface area contributed by atoms with Crippen LogP contribution in [0.4, 0.5) is 0 Å². The monoisotopic (exact) mass is 245 g/mol. The van der Waals surface area contributed by atoms with Crippen LogP contribution in [0.5, 0.6) is 0 Å². The van der Waals surface area contributed by atoms with Crippen LogP contribution in [-0.2, 0) is 4.74 Å². The molecule has 0 radical (unpaired) electrons. The normalized spacial score (nSPS) is 11.8. The number of carbonyl (C=O) groups excluding carboxylic acids is 1. The minimum absolute atomic E-state index is 0.137. The van der Waals surface area contributed by atoms with Crippen LogP contribution in [0.2, 0.25) is 0 Å². The number of ether oxygens (including phenoxy) is 1. The topological polar surface area (TPSA) is 81.0 Å². The largest absolute Gasteiger partial charge is 0.463 e. The molecule has 0 spiro atoms. The van der Waals surface area contributed by atoms with Crippen LogP contribution < -0.4 is 0 Å². The summed E-state index contributed by atoms with van der Waals surface area (Å²) in [6.45, 7) is 1.85. The number of furan rings is 1. The number of nitrogens with zero attached hydrogens (tertiary/aromatic N) is 3. The van der Waals surface area contributed by atoms with Gasteiger partial charge in [0, 0.05) is 12.4 Å². The third-order valence-corrected chi connectivity index (χ3v) is 2.61. The molecular weight excluding hydrogens is 234 g/mol. The number of rotatable bonds is 3. The van der Waals surface area contributed by atoms with Gasteiger partial charge in [-0.1, -0.05) is 0 Å². The molecular formula is C12H11N3O3. The maximum absolute atomic E-state index is 11.3. The van der Waals surface area contributed by atoms with E-state index in [1.165, 1.54) is 7.11 Å². The van der Waals surface area contributed by atoms with E-state index in [9.17, 15) is 4.79 Å². The molecule has 2 heterocycles. The molecule has 0 bridgehead atoms. The summed E-state index contributed by atoms with van der Waals surface area (Å²) < 4.78 is 11.6. The van der Waals surface area contributed by atoms with E-state index < -0.39 is 5.97 Å². The van der Waals surface area contributed by atoms with Gasteiger partial charge in [0.05, 0.1) is 13.2 Å². The molecule has 0 saturated carbocycles. The second kappa shape index (κ2) is 4.75. The van der Waals surface area contributed by atoms with Crippen molar-refractivity contribution in [3.05, 3.63) is 41.9 Å². The molecule has 0 aliphatic carbocycles. The van der Waals surface area contributed by atoms with Gasteiger partial charge >= 0.3 is 5.97 Å².